The third kappa shape index (κ3) is 3.48. The first kappa shape index (κ1) is 14.3. The van der Waals surface area contributed by atoms with Crippen LogP contribution in [0.2, 0.25) is 0 Å². The summed E-state index contributed by atoms with van der Waals surface area (Å²) in [5.41, 5.74) is 1.51. The Morgan fingerprint density at radius 3 is 2.85 bits per heavy atom. The molecule has 0 atom stereocenters. The normalized spacial score (nSPS) is 10.7. The van der Waals surface area contributed by atoms with Gasteiger partial charge in [0.2, 0.25) is 0 Å². The molecule has 20 heavy (non-hydrogen) atoms. The van der Waals surface area contributed by atoms with Gasteiger partial charge < -0.3 is 4.74 Å². The number of thioether (sulfide) groups is 1. The zero-order valence-corrected chi connectivity index (χ0v) is 12.2. The summed E-state index contributed by atoms with van der Waals surface area (Å²) in [5.74, 6) is 0.665. The molecular weight excluding hydrogens is 270 g/mol. The minimum atomic E-state index is -0.0557. The summed E-state index contributed by atoms with van der Waals surface area (Å²) in [7, 11) is 1.61. The Bertz CT molecular complexity index is 624. The summed E-state index contributed by atoms with van der Waals surface area (Å²) in [6.45, 7) is 0. The highest BCUT2D eigenvalue weighted by Gasteiger charge is 2.07. The monoisotopic (exact) mass is 285 g/mol. The van der Waals surface area contributed by atoms with Crippen molar-refractivity contribution < 1.29 is 9.53 Å². The van der Waals surface area contributed by atoms with Gasteiger partial charge in [-0.2, -0.15) is 0 Å². The average molecular weight is 285 g/mol. The number of methoxy groups -OCH3 is 1. The fourth-order valence-corrected chi connectivity index (χ4v) is 2.28. The molecule has 0 aliphatic carbocycles. The maximum Gasteiger partial charge on any atom is 0.185 e. The lowest BCUT2D eigenvalue weighted by Crippen LogP contribution is -1.96. The Labute approximate surface area is 122 Å². The minimum absolute atomic E-state index is 0.0557. The molecule has 0 amide bonds. The highest BCUT2D eigenvalue weighted by molar-refractivity contribution is 7.98. The van der Waals surface area contributed by atoms with Crippen LogP contribution >= 0.6 is 11.8 Å². The second-order valence-electron chi connectivity index (χ2n) is 4.05. The molecule has 1 aromatic heterocycles. The Hall–Kier alpha value is -2.07. The van der Waals surface area contributed by atoms with Crippen molar-refractivity contribution in [1.29, 1.82) is 0 Å². The number of pyridine rings is 1. The van der Waals surface area contributed by atoms with Crippen LogP contribution in [0.15, 0.2) is 53.7 Å². The van der Waals surface area contributed by atoms with Crippen molar-refractivity contribution in [3.8, 4) is 5.75 Å². The highest BCUT2D eigenvalue weighted by atomic mass is 32.2. The molecule has 1 aromatic carbocycles. The molecule has 0 bridgehead atoms. The number of ketones is 1. The first-order valence-corrected chi connectivity index (χ1v) is 7.31. The minimum Gasteiger partial charge on any atom is -0.496 e. The van der Waals surface area contributed by atoms with Crippen LogP contribution in [-0.4, -0.2) is 24.1 Å². The fraction of sp³-hybridized carbons (Fsp3) is 0.125. The van der Waals surface area contributed by atoms with Crippen LogP contribution in [0.3, 0.4) is 0 Å². The SMILES string of the molecule is COc1cc(C(=O)C=Cc2cccnc2)ccc1SC. The van der Waals surface area contributed by atoms with Crippen LogP contribution in [0.4, 0.5) is 0 Å². The first-order chi connectivity index (χ1) is 9.74. The van der Waals surface area contributed by atoms with Gasteiger partial charge >= 0.3 is 0 Å². The average Bonchev–Trinajstić information content (AvgIpc) is 2.52. The summed E-state index contributed by atoms with van der Waals surface area (Å²) in [6.07, 6.45) is 8.68. The Kier molecular flexibility index (Phi) is 4.96. The van der Waals surface area contributed by atoms with Crippen LogP contribution in [0, 0.1) is 0 Å². The number of allylic oxidation sites excluding steroid dienone is 1. The lowest BCUT2D eigenvalue weighted by atomic mass is 10.1. The Balaban J connectivity index is 2.19. The van der Waals surface area contributed by atoms with Crippen molar-refractivity contribution in [1.82, 2.24) is 4.98 Å². The molecule has 0 N–H and O–H groups in total. The third-order valence-electron chi connectivity index (χ3n) is 2.78. The Morgan fingerprint density at radius 2 is 2.20 bits per heavy atom. The van der Waals surface area contributed by atoms with Gasteiger partial charge in [0, 0.05) is 22.9 Å². The van der Waals surface area contributed by atoms with Crippen molar-refractivity contribution >= 4 is 23.6 Å². The smallest absolute Gasteiger partial charge is 0.185 e. The summed E-state index contributed by atoms with van der Waals surface area (Å²) >= 11 is 1.59. The number of rotatable bonds is 5. The van der Waals surface area contributed by atoms with Crippen molar-refractivity contribution in [2.45, 2.75) is 4.90 Å². The van der Waals surface area contributed by atoms with E-state index in [2.05, 4.69) is 4.98 Å². The summed E-state index contributed by atoms with van der Waals surface area (Å²) in [5, 5.41) is 0. The van der Waals surface area contributed by atoms with E-state index >= 15 is 0 Å². The van der Waals surface area contributed by atoms with Gasteiger partial charge in [0.1, 0.15) is 5.75 Å². The molecule has 4 heteroatoms. The van der Waals surface area contributed by atoms with E-state index in [1.165, 1.54) is 0 Å². The highest BCUT2D eigenvalue weighted by Crippen LogP contribution is 2.28. The summed E-state index contributed by atoms with van der Waals surface area (Å²) < 4.78 is 5.28. The number of hydrogen-bond acceptors (Lipinski definition) is 4. The van der Waals surface area contributed by atoms with Crippen LogP contribution < -0.4 is 4.74 Å². The number of ether oxygens (including phenoxy) is 1. The molecule has 0 fully saturated rings. The van der Waals surface area contributed by atoms with Crippen molar-refractivity contribution in [2.75, 3.05) is 13.4 Å². The maximum absolute atomic E-state index is 12.1. The molecule has 102 valence electrons. The number of hydrogen-bond donors (Lipinski definition) is 0. The number of nitrogens with zero attached hydrogens (tertiary/aromatic N) is 1. The topological polar surface area (TPSA) is 39.2 Å². The third-order valence-corrected chi connectivity index (χ3v) is 3.56. The molecule has 0 saturated heterocycles. The van der Waals surface area contributed by atoms with E-state index in [0.29, 0.717) is 5.56 Å². The number of aromatic nitrogens is 1. The molecule has 0 aliphatic rings. The van der Waals surface area contributed by atoms with E-state index < -0.39 is 0 Å². The lowest BCUT2D eigenvalue weighted by Gasteiger charge is -2.07. The summed E-state index contributed by atoms with van der Waals surface area (Å²) in [4.78, 5) is 17.1. The van der Waals surface area contributed by atoms with Gasteiger partial charge in [0.15, 0.2) is 5.78 Å². The summed E-state index contributed by atoms with van der Waals surface area (Å²) in [6, 6.07) is 9.20. The molecular formula is C16H15NO2S. The van der Waals surface area contributed by atoms with Gasteiger partial charge in [-0.15, -0.1) is 11.8 Å². The van der Waals surface area contributed by atoms with Crippen LogP contribution in [-0.2, 0) is 0 Å². The van der Waals surface area contributed by atoms with E-state index in [1.54, 1.807) is 49.5 Å². The van der Waals surface area contributed by atoms with Crippen LogP contribution in [0.5, 0.6) is 5.75 Å². The standard InChI is InChI=1S/C16H15NO2S/c1-19-15-10-13(6-8-16(15)20-2)14(18)7-5-12-4-3-9-17-11-12/h3-11H,1-2H3. The number of carbonyl (C=O) groups excluding carboxylic acids is 1. The second-order valence-corrected chi connectivity index (χ2v) is 4.90. The molecule has 1 heterocycles. The molecule has 3 nitrogen and oxygen atoms in total. The van der Waals surface area contributed by atoms with Crippen LogP contribution in [0.25, 0.3) is 6.08 Å². The van der Waals surface area contributed by atoms with Gasteiger partial charge in [-0.3, -0.25) is 9.78 Å². The molecule has 2 rings (SSSR count). The van der Waals surface area contributed by atoms with Crippen molar-refractivity contribution in [2.24, 2.45) is 0 Å². The maximum atomic E-state index is 12.1. The lowest BCUT2D eigenvalue weighted by molar-refractivity contribution is 0.104. The molecule has 0 unspecified atom stereocenters. The number of carbonyl (C=O) groups is 1. The predicted octanol–water partition coefficient (Wildman–Crippen LogP) is 3.71. The van der Waals surface area contributed by atoms with E-state index in [-0.39, 0.29) is 5.78 Å². The fourth-order valence-electron chi connectivity index (χ4n) is 1.73. The zero-order valence-electron chi connectivity index (χ0n) is 11.4. The largest absolute Gasteiger partial charge is 0.496 e. The van der Waals surface area contributed by atoms with Gasteiger partial charge in [0.05, 0.1) is 7.11 Å². The molecule has 2 aromatic rings. The van der Waals surface area contributed by atoms with E-state index in [0.717, 1.165) is 16.2 Å². The van der Waals surface area contributed by atoms with Crippen LogP contribution in [0.1, 0.15) is 15.9 Å². The molecule has 0 radical (unpaired) electrons. The molecule has 0 aliphatic heterocycles. The zero-order chi connectivity index (χ0) is 14.4. The van der Waals surface area contributed by atoms with E-state index in [9.17, 15) is 4.79 Å². The molecule has 0 saturated carbocycles. The Morgan fingerprint density at radius 1 is 1.35 bits per heavy atom. The van der Waals surface area contributed by atoms with Crippen molar-refractivity contribution in [3.05, 3.63) is 59.9 Å². The first-order valence-electron chi connectivity index (χ1n) is 6.09. The van der Waals surface area contributed by atoms with Gasteiger partial charge in [-0.05, 0) is 48.2 Å². The van der Waals surface area contributed by atoms with Gasteiger partial charge in [-0.25, -0.2) is 0 Å². The van der Waals surface area contributed by atoms with Gasteiger partial charge in [0.25, 0.3) is 0 Å². The number of benzene rings is 1. The van der Waals surface area contributed by atoms with Crippen molar-refractivity contribution in [3.63, 3.8) is 0 Å². The van der Waals surface area contributed by atoms with Gasteiger partial charge in [-0.1, -0.05) is 6.07 Å². The van der Waals surface area contributed by atoms with E-state index in [4.69, 9.17) is 4.74 Å². The second kappa shape index (κ2) is 6.91. The molecule has 0 spiro atoms. The predicted molar refractivity (Wildman–Crippen MR) is 82.4 cm³/mol. The quantitative estimate of drug-likeness (QED) is 0.477. The van der Waals surface area contributed by atoms with E-state index in [1.807, 2.05) is 30.5 Å².